The summed E-state index contributed by atoms with van der Waals surface area (Å²) >= 11 is 0. The highest BCUT2D eigenvalue weighted by Crippen LogP contribution is 2.18. The molecule has 1 aromatic heterocycles. The Bertz CT molecular complexity index is 372. The van der Waals surface area contributed by atoms with Gasteiger partial charge in [-0.3, -0.25) is 0 Å². The molecule has 1 N–H and O–H groups in total. The second-order valence-electron chi connectivity index (χ2n) is 4.87. The maximum absolute atomic E-state index is 4.66. The summed E-state index contributed by atoms with van der Waals surface area (Å²) in [6.07, 6.45) is 5.94. The van der Waals surface area contributed by atoms with Gasteiger partial charge in [0.15, 0.2) is 0 Å². The van der Waals surface area contributed by atoms with E-state index in [0.29, 0.717) is 0 Å². The van der Waals surface area contributed by atoms with Gasteiger partial charge in [-0.1, -0.05) is 13.8 Å². The molecule has 0 bridgehead atoms. The molecule has 1 aliphatic rings. The van der Waals surface area contributed by atoms with E-state index in [0.717, 1.165) is 49.9 Å². The summed E-state index contributed by atoms with van der Waals surface area (Å²) in [4.78, 5) is 11.6. The van der Waals surface area contributed by atoms with Gasteiger partial charge >= 0.3 is 0 Å². The maximum Gasteiger partial charge on any atom is 0.227 e. The normalized spacial score (nSPS) is 15.8. The van der Waals surface area contributed by atoms with Crippen LogP contribution >= 0.6 is 0 Å². The fourth-order valence-corrected chi connectivity index (χ4v) is 2.24. The smallest absolute Gasteiger partial charge is 0.227 e. The van der Waals surface area contributed by atoms with Crippen molar-refractivity contribution < 1.29 is 0 Å². The largest absolute Gasteiger partial charge is 0.370 e. The van der Waals surface area contributed by atoms with Crippen LogP contribution in [-0.2, 0) is 6.42 Å². The lowest BCUT2D eigenvalue weighted by Gasteiger charge is -2.27. The lowest BCUT2D eigenvalue weighted by Crippen LogP contribution is -2.31. The van der Waals surface area contributed by atoms with Crippen LogP contribution in [0.4, 0.5) is 11.8 Å². The van der Waals surface area contributed by atoms with Crippen molar-refractivity contribution in [3.8, 4) is 0 Å². The number of hydrogen-bond donors (Lipinski definition) is 1. The molecule has 2 heterocycles. The van der Waals surface area contributed by atoms with Crippen LogP contribution in [-0.4, -0.2) is 29.6 Å². The van der Waals surface area contributed by atoms with E-state index in [-0.39, 0.29) is 0 Å². The summed E-state index contributed by atoms with van der Waals surface area (Å²) < 4.78 is 0. The fourth-order valence-electron chi connectivity index (χ4n) is 2.24. The predicted molar refractivity (Wildman–Crippen MR) is 76.3 cm³/mol. The van der Waals surface area contributed by atoms with E-state index in [1.165, 1.54) is 19.3 Å². The second kappa shape index (κ2) is 6.57. The van der Waals surface area contributed by atoms with Crippen molar-refractivity contribution in [1.29, 1.82) is 0 Å². The van der Waals surface area contributed by atoms with Crippen LogP contribution in [0.25, 0.3) is 0 Å². The summed E-state index contributed by atoms with van der Waals surface area (Å²) in [5, 5.41) is 3.37. The van der Waals surface area contributed by atoms with Gasteiger partial charge in [-0.15, -0.1) is 0 Å². The molecule has 0 amide bonds. The number of nitrogens with one attached hydrogen (secondary N) is 1. The molecule has 0 atom stereocenters. The Labute approximate surface area is 110 Å². The number of anilines is 2. The van der Waals surface area contributed by atoms with E-state index in [1.54, 1.807) is 0 Å². The van der Waals surface area contributed by atoms with E-state index in [1.807, 2.05) is 0 Å². The van der Waals surface area contributed by atoms with Gasteiger partial charge < -0.3 is 10.2 Å². The minimum Gasteiger partial charge on any atom is -0.370 e. The number of hydrogen-bond acceptors (Lipinski definition) is 4. The SMILES string of the molecule is CCCNc1cc(CC)nc(N2CCCCC2)n1. The Balaban J connectivity index is 2.16. The highest BCUT2D eigenvalue weighted by atomic mass is 15.3. The fraction of sp³-hybridized carbons (Fsp3) is 0.714. The zero-order valence-electron chi connectivity index (χ0n) is 11.6. The van der Waals surface area contributed by atoms with Crippen LogP contribution in [0.3, 0.4) is 0 Å². The predicted octanol–water partition coefficient (Wildman–Crippen LogP) is 2.85. The van der Waals surface area contributed by atoms with Gasteiger partial charge in [0, 0.05) is 31.4 Å². The summed E-state index contributed by atoms with van der Waals surface area (Å²) in [6, 6.07) is 2.07. The third-order valence-corrected chi connectivity index (χ3v) is 3.32. The van der Waals surface area contributed by atoms with Crippen LogP contribution in [0.1, 0.15) is 45.2 Å². The molecule has 0 saturated carbocycles. The molecular formula is C14H24N4. The number of nitrogens with zero attached hydrogens (tertiary/aromatic N) is 3. The van der Waals surface area contributed by atoms with Crippen LogP contribution in [0.5, 0.6) is 0 Å². The highest BCUT2D eigenvalue weighted by Gasteiger charge is 2.14. The van der Waals surface area contributed by atoms with Crippen LogP contribution in [0, 0.1) is 0 Å². The number of piperidine rings is 1. The Hall–Kier alpha value is -1.32. The lowest BCUT2D eigenvalue weighted by atomic mass is 10.1. The minimum absolute atomic E-state index is 0.910. The van der Waals surface area contributed by atoms with Crippen molar-refractivity contribution in [2.45, 2.75) is 46.0 Å². The number of aryl methyl sites for hydroxylation is 1. The van der Waals surface area contributed by atoms with E-state index in [2.05, 4.69) is 40.1 Å². The first-order chi connectivity index (χ1) is 8.83. The molecule has 0 unspecified atom stereocenters. The molecule has 1 saturated heterocycles. The Morgan fingerprint density at radius 2 is 1.94 bits per heavy atom. The molecular weight excluding hydrogens is 224 g/mol. The molecule has 100 valence electrons. The Kier molecular flexibility index (Phi) is 4.79. The molecule has 0 spiro atoms. The van der Waals surface area contributed by atoms with Crippen molar-refractivity contribution in [1.82, 2.24) is 9.97 Å². The first-order valence-corrected chi connectivity index (χ1v) is 7.20. The summed E-state index contributed by atoms with van der Waals surface area (Å²) in [6.45, 7) is 7.48. The lowest BCUT2D eigenvalue weighted by molar-refractivity contribution is 0.567. The van der Waals surface area contributed by atoms with E-state index < -0.39 is 0 Å². The maximum atomic E-state index is 4.66. The number of aromatic nitrogens is 2. The topological polar surface area (TPSA) is 41.1 Å². The molecule has 1 fully saturated rings. The van der Waals surface area contributed by atoms with Crippen molar-refractivity contribution >= 4 is 11.8 Å². The van der Waals surface area contributed by atoms with Crippen molar-refractivity contribution in [3.05, 3.63) is 11.8 Å². The molecule has 4 heteroatoms. The molecule has 18 heavy (non-hydrogen) atoms. The van der Waals surface area contributed by atoms with Gasteiger partial charge in [0.25, 0.3) is 0 Å². The van der Waals surface area contributed by atoms with E-state index in [9.17, 15) is 0 Å². The van der Waals surface area contributed by atoms with Crippen molar-refractivity contribution in [2.24, 2.45) is 0 Å². The zero-order valence-corrected chi connectivity index (χ0v) is 11.6. The Morgan fingerprint density at radius 1 is 1.17 bits per heavy atom. The highest BCUT2D eigenvalue weighted by molar-refractivity contribution is 5.44. The van der Waals surface area contributed by atoms with Crippen molar-refractivity contribution in [3.63, 3.8) is 0 Å². The summed E-state index contributed by atoms with van der Waals surface area (Å²) in [7, 11) is 0. The first-order valence-electron chi connectivity index (χ1n) is 7.20. The van der Waals surface area contributed by atoms with Gasteiger partial charge in [0.2, 0.25) is 5.95 Å². The standard InChI is InChI=1S/C14H24N4/c1-3-8-15-13-11-12(4-2)16-14(17-13)18-9-6-5-7-10-18/h11H,3-10H2,1-2H3,(H,15,16,17). The second-order valence-corrected chi connectivity index (χ2v) is 4.87. The average molecular weight is 248 g/mol. The zero-order chi connectivity index (χ0) is 12.8. The third kappa shape index (κ3) is 3.34. The molecule has 0 aromatic carbocycles. The Morgan fingerprint density at radius 3 is 2.61 bits per heavy atom. The van der Waals surface area contributed by atoms with Gasteiger partial charge in [-0.2, -0.15) is 4.98 Å². The van der Waals surface area contributed by atoms with E-state index in [4.69, 9.17) is 0 Å². The summed E-state index contributed by atoms with van der Waals surface area (Å²) in [5.74, 6) is 1.89. The first kappa shape index (κ1) is 13.1. The van der Waals surface area contributed by atoms with Crippen LogP contribution in [0.15, 0.2) is 6.07 Å². The molecule has 1 aromatic rings. The van der Waals surface area contributed by atoms with Crippen LogP contribution in [0.2, 0.25) is 0 Å². The molecule has 2 rings (SSSR count). The van der Waals surface area contributed by atoms with Gasteiger partial charge in [-0.05, 0) is 32.1 Å². The minimum atomic E-state index is 0.910. The molecule has 0 radical (unpaired) electrons. The third-order valence-electron chi connectivity index (χ3n) is 3.32. The van der Waals surface area contributed by atoms with E-state index >= 15 is 0 Å². The molecule has 0 aliphatic carbocycles. The molecule has 1 aliphatic heterocycles. The van der Waals surface area contributed by atoms with Gasteiger partial charge in [0.1, 0.15) is 5.82 Å². The van der Waals surface area contributed by atoms with Gasteiger partial charge in [-0.25, -0.2) is 4.98 Å². The summed E-state index contributed by atoms with van der Waals surface area (Å²) in [5.41, 5.74) is 1.13. The van der Waals surface area contributed by atoms with Crippen molar-refractivity contribution in [2.75, 3.05) is 29.9 Å². The quantitative estimate of drug-likeness (QED) is 0.870. The van der Waals surface area contributed by atoms with Crippen LogP contribution < -0.4 is 10.2 Å². The average Bonchev–Trinajstić information content (AvgIpc) is 2.45. The number of rotatable bonds is 5. The van der Waals surface area contributed by atoms with Gasteiger partial charge in [0.05, 0.1) is 0 Å². The monoisotopic (exact) mass is 248 g/mol. The molecule has 4 nitrogen and oxygen atoms in total.